The predicted molar refractivity (Wildman–Crippen MR) is 93.1 cm³/mol. The van der Waals surface area contributed by atoms with E-state index < -0.39 is 0 Å². The normalized spacial score (nSPS) is 20.6. The molecule has 132 valence electrons. The Morgan fingerprint density at radius 3 is 2.92 bits per heavy atom. The fraction of sp³-hybridized carbons (Fsp3) is 0.500. The van der Waals surface area contributed by atoms with E-state index in [-0.39, 0.29) is 17.9 Å². The number of primary amides is 1. The number of fused-ring (bicyclic) bond motifs is 1. The van der Waals surface area contributed by atoms with E-state index >= 15 is 0 Å². The molecule has 0 radical (unpaired) electrons. The van der Waals surface area contributed by atoms with Crippen LogP contribution in [0.2, 0.25) is 0 Å². The summed E-state index contributed by atoms with van der Waals surface area (Å²) in [6, 6.07) is 5.36. The highest BCUT2D eigenvalue weighted by Crippen LogP contribution is 2.40. The smallest absolute Gasteiger partial charge is 0.321 e. The van der Waals surface area contributed by atoms with Gasteiger partial charge in [0.1, 0.15) is 5.52 Å². The van der Waals surface area contributed by atoms with Crippen LogP contribution in [0.4, 0.5) is 10.5 Å². The number of anilines is 1. The molecule has 0 spiro atoms. The molecular weight excluding hydrogens is 320 g/mol. The second-order valence-electron chi connectivity index (χ2n) is 7.06. The van der Waals surface area contributed by atoms with Crippen LogP contribution in [0.25, 0.3) is 11.1 Å². The standard InChI is InChI=1S/C18H22N4O3/c19-16(23)8-11-2-1-7-22(10-11)18(24)20-13-5-6-14-15(9-13)25-17(21-14)12-3-4-12/h5-6,9,11-12H,1-4,7-8,10H2,(H2,19,23)(H,20,24)/t11-/m0/s1. The maximum Gasteiger partial charge on any atom is 0.321 e. The van der Waals surface area contributed by atoms with Crippen LogP contribution in [0.1, 0.15) is 43.9 Å². The number of amides is 3. The van der Waals surface area contributed by atoms with E-state index in [1.807, 2.05) is 18.2 Å². The van der Waals surface area contributed by atoms with Gasteiger partial charge in [-0.15, -0.1) is 0 Å². The van der Waals surface area contributed by atoms with Crippen LogP contribution in [-0.2, 0) is 4.79 Å². The average Bonchev–Trinajstić information content (AvgIpc) is 3.34. The lowest BCUT2D eigenvalue weighted by Crippen LogP contribution is -2.43. The molecule has 1 aromatic heterocycles. The SMILES string of the molecule is NC(=O)C[C@@H]1CCCN(C(=O)Nc2ccc3nc(C4CC4)oc3c2)C1. The molecule has 1 saturated heterocycles. The van der Waals surface area contributed by atoms with Crippen LogP contribution in [0.3, 0.4) is 0 Å². The third kappa shape index (κ3) is 3.60. The molecule has 3 amide bonds. The summed E-state index contributed by atoms with van der Waals surface area (Å²) in [7, 11) is 0. The van der Waals surface area contributed by atoms with Crippen molar-refractivity contribution >= 4 is 28.7 Å². The number of piperidine rings is 1. The lowest BCUT2D eigenvalue weighted by atomic mass is 9.95. The first kappa shape index (κ1) is 15.9. The molecule has 1 aliphatic carbocycles. The largest absolute Gasteiger partial charge is 0.440 e. The summed E-state index contributed by atoms with van der Waals surface area (Å²) in [5, 5.41) is 2.91. The van der Waals surface area contributed by atoms with Crippen LogP contribution >= 0.6 is 0 Å². The van der Waals surface area contributed by atoms with Crippen LogP contribution in [0.15, 0.2) is 22.6 Å². The average molecular weight is 342 g/mol. The number of hydrogen-bond acceptors (Lipinski definition) is 4. The lowest BCUT2D eigenvalue weighted by molar-refractivity contribution is -0.119. The van der Waals surface area contributed by atoms with Crippen LogP contribution < -0.4 is 11.1 Å². The first-order valence-electron chi connectivity index (χ1n) is 8.83. The Kier molecular flexibility index (Phi) is 4.07. The molecule has 4 rings (SSSR count). The number of nitrogens with two attached hydrogens (primary N) is 1. The minimum Gasteiger partial charge on any atom is -0.440 e. The van der Waals surface area contributed by atoms with Crippen molar-refractivity contribution in [2.75, 3.05) is 18.4 Å². The van der Waals surface area contributed by atoms with Crippen molar-refractivity contribution in [3.8, 4) is 0 Å². The van der Waals surface area contributed by atoms with Gasteiger partial charge in [-0.05, 0) is 43.7 Å². The highest BCUT2D eigenvalue weighted by atomic mass is 16.3. The van der Waals surface area contributed by atoms with Gasteiger partial charge in [0.05, 0.1) is 0 Å². The van der Waals surface area contributed by atoms with Crippen molar-refractivity contribution in [2.24, 2.45) is 11.7 Å². The van der Waals surface area contributed by atoms with Crippen molar-refractivity contribution in [3.05, 3.63) is 24.1 Å². The second-order valence-corrected chi connectivity index (χ2v) is 7.06. The summed E-state index contributed by atoms with van der Waals surface area (Å²) >= 11 is 0. The Balaban J connectivity index is 1.42. The molecule has 1 atom stereocenters. The fourth-order valence-corrected chi connectivity index (χ4v) is 3.43. The van der Waals surface area contributed by atoms with E-state index in [1.54, 1.807) is 4.90 Å². The number of oxazole rings is 1. The van der Waals surface area contributed by atoms with E-state index in [1.165, 1.54) is 0 Å². The zero-order valence-electron chi connectivity index (χ0n) is 14.0. The van der Waals surface area contributed by atoms with Gasteiger partial charge in [-0.2, -0.15) is 0 Å². The van der Waals surface area contributed by atoms with Gasteiger partial charge in [-0.3, -0.25) is 4.79 Å². The maximum absolute atomic E-state index is 12.5. The number of nitrogens with zero attached hydrogens (tertiary/aromatic N) is 2. The molecule has 2 fully saturated rings. The minimum atomic E-state index is -0.311. The maximum atomic E-state index is 12.5. The van der Waals surface area contributed by atoms with Gasteiger partial charge < -0.3 is 20.4 Å². The van der Waals surface area contributed by atoms with E-state index in [0.29, 0.717) is 36.7 Å². The van der Waals surface area contributed by atoms with E-state index in [9.17, 15) is 9.59 Å². The summed E-state index contributed by atoms with van der Waals surface area (Å²) in [5.74, 6) is 1.09. The number of benzene rings is 1. The molecular formula is C18H22N4O3. The number of urea groups is 1. The summed E-state index contributed by atoms with van der Waals surface area (Å²) in [4.78, 5) is 29.8. The molecule has 0 bridgehead atoms. The summed E-state index contributed by atoms with van der Waals surface area (Å²) in [6.45, 7) is 1.25. The van der Waals surface area contributed by atoms with Gasteiger partial charge in [0, 0.05) is 37.2 Å². The van der Waals surface area contributed by atoms with E-state index in [2.05, 4.69) is 10.3 Å². The molecule has 1 aromatic carbocycles. The topological polar surface area (TPSA) is 101 Å². The first-order valence-corrected chi connectivity index (χ1v) is 8.83. The molecule has 7 heteroatoms. The summed E-state index contributed by atoms with van der Waals surface area (Å²) in [6.07, 6.45) is 4.42. The Hall–Kier alpha value is -2.57. The Morgan fingerprint density at radius 2 is 2.16 bits per heavy atom. The molecule has 1 saturated carbocycles. The molecule has 0 unspecified atom stereocenters. The van der Waals surface area contributed by atoms with Crippen molar-refractivity contribution < 1.29 is 14.0 Å². The van der Waals surface area contributed by atoms with Crippen molar-refractivity contribution in [2.45, 2.75) is 38.0 Å². The number of carbonyl (C=O) groups is 2. The number of likely N-dealkylation sites (tertiary alicyclic amines) is 1. The quantitative estimate of drug-likeness (QED) is 0.892. The lowest BCUT2D eigenvalue weighted by Gasteiger charge is -2.32. The third-order valence-electron chi connectivity index (χ3n) is 4.88. The van der Waals surface area contributed by atoms with Gasteiger partial charge in [0.2, 0.25) is 5.91 Å². The Morgan fingerprint density at radius 1 is 1.32 bits per heavy atom. The molecule has 2 aliphatic rings. The van der Waals surface area contributed by atoms with Crippen LogP contribution in [-0.4, -0.2) is 34.9 Å². The second kappa shape index (κ2) is 6.38. The predicted octanol–water partition coefficient (Wildman–Crippen LogP) is 2.82. The number of carbonyl (C=O) groups excluding carboxylic acids is 2. The highest BCUT2D eigenvalue weighted by Gasteiger charge is 2.29. The van der Waals surface area contributed by atoms with Gasteiger partial charge >= 0.3 is 6.03 Å². The van der Waals surface area contributed by atoms with Crippen LogP contribution in [0, 0.1) is 5.92 Å². The first-order chi connectivity index (χ1) is 12.1. The van der Waals surface area contributed by atoms with Crippen molar-refractivity contribution in [3.63, 3.8) is 0 Å². The number of rotatable bonds is 4. The zero-order valence-corrected chi connectivity index (χ0v) is 14.0. The van der Waals surface area contributed by atoms with E-state index in [0.717, 1.165) is 37.1 Å². The summed E-state index contributed by atoms with van der Waals surface area (Å²) < 4.78 is 5.79. The van der Waals surface area contributed by atoms with Crippen molar-refractivity contribution in [1.82, 2.24) is 9.88 Å². The monoisotopic (exact) mass is 342 g/mol. The van der Waals surface area contributed by atoms with Gasteiger partial charge in [-0.1, -0.05) is 0 Å². The highest BCUT2D eigenvalue weighted by molar-refractivity contribution is 5.91. The molecule has 7 nitrogen and oxygen atoms in total. The minimum absolute atomic E-state index is 0.148. The Bertz CT molecular complexity index is 812. The molecule has 25 heavy (non-hydrogen) atoms. The molecule has 3 N–H and O–H groups in total. The molecule has 2 aromatic rings. The zero-order chi connectivity index (χ0) is 17.4. The Labute approximate surface area is 145 Å². The summed E-state index contributed by atoms with van der Waals surface area (Å²) in [5.41, 5.74) is 7.48. The molecule has 2 heterocycles. The molecule has 1 aliphatic heterocycles. The van der Waals surface area contributed by atoms with Gasteiger partial charge in [0.25, 0.3) is 0 Å². The van der Waals surface area contributed by atoms with Gasteiger partial charge in [-0.25, -0.2) is 9.78 Å². The van der Waals surface area contributed by atoms with E-state index in [4.69, 9.17) is 10.2 Å². The number of hydrogen-bond donors (Lipinski definition) is 2. The fourth-order valence-electron chi connectivity index (χ4n) is 3.43. The van der Waals surface area contributed by atoms with Crippen molar-refractivity contribution in [1.29, 1.82) is 0 Å². The van der Waals surface area contributed by atoms with Gasteiger partial charge in [0.15, 0.2) is 11.5 Å². The third-order valence-corrected chi connectivity index (χ3v) is 4.88. The van der Waals surface area contributed by atoms with Crippen LogP contribution in [0.5, 0.6) is 0 Å². The number of aromatic nitrogens is 1. The number of nitrogens with one attached hydrogen (secondary N) is 1.